The molecular formula is C17H24N2O. The van der Waals surface area contributed by atoms with E-state index in [1.54, 1.807) is 0 Å². The molecule has 2 amide bonds. The quantitative estimate of drug-likeness (QED) is 0.838. The molecule has 3 nitrogen and oxygen atoms in total. The summed E-state index contributed by atoms with van der Waals surface area (Å²) in [4.78, 5) is 12.0. The molecule has 2 rings (SSSR count). The molecule has 108 valence electrons. The van der Waals surface area contributed by atoms with Crippen LogP contribution in [0.1, 0.15) is 50.7 Å². The number of benzene rings is 1. The Hall–Kier alpha value is -1.77. The van der Waals surface area contributed by atoms with Gasteiger partial charge in [-0.25, -0.2) is 4.79 Å². The molecule has 0 radical (unpaired) electrons. The van der Waals surface area contributed by atoms with E-state index in [1.165, 1.54) is 29.5 Å². The first-order valence-electron chi connectivity index (χ1n) is 7.60. The molecule has 0 heterocycles. The second kappa shape index (κ2) is 7.13. The molecule has 20 heavy (non-hydrogen) atoms. The van der Waals surface area contributed by atoms with Crippen LogP contribution < -0.4 is 10.6 Å². The molecule has 1 aromatic rings. The lowest BCUT2D eigenvalue weighted by atomic mass is 10.0. The minimum absolute atomic E-state index is 0.139. The van der Waals surface area contributed by atoms with Gasteiger partial charge in [0.05, 0.1) is 0 Å². The van der Waals surface area contributed by atoms with Crippen LogP contribution in [0.15, 0.2) is 30.0 Å². The van der Waals surface area contributed by atoms with Crippen molar-refractivity contribution in [2.75, 3.05) is 5.32 Å². The molecule has 0 aliphatic heterocycles. The van der Waals surface area contributed by atoms with Crippen molar-refractivity contribution in [3.05, 3.63) is 41.1 Å². The first-order chi connectivity index (χ1) is 9.74. The minimum atomic E-state index is -0.139. The van der Waals surface area contributed by atoms with Crippen LogP contribution in [0.4, 0.5) is 10.5 Å². The third-order valence-electron chi connectivity index (χ3n) is 3.89. The van der Waals surface area contributed by atoms with Crippen molar-refractivity contribution >= 4 is 11.7 Å². The molecule has 2 N–H and O–H groups in total. The summed E-state index contributed by atoms with van der Waals surface area (Å²) in [5.74, 6) is 0. The molecule has 1 aromatic carbocycles. The summed E-state index contributed by atoms with van der Waals surface area (Å²) in [5.41, 5.74) is 4.69. The molecule has 0 bridgehead atoms. The molecule has 0 saturated heterocycles. The number of para-hydroxylation sites is 1. The van der Waals surface area contributed by atoms with Gasteiger partial charge in [-0.3, -0.25) is 0 Å². The second-order valence-corrected chi connectivity index (χ2v) is 5.27. The first-order valence-corrected chi connectivity index (χ1v) is 7.60. The fourth-order valence-electron chi connectivity index (χ4n) is 2.69. The average Bonchev–Trinajstić information content (AvgIpc) is 2.98. The van der Waals surface area contributed by atoms with Crippen LogP contribution in [0.5, 0.6) is 0 Å². The van der Waals surface area contributed by atoms with Gasteiger partial charge in [-0.15, -0.1) is 0 Å². The largest absolute Gasteiger partial charge is 0.323 e. The van der Waals surface area contributed by atoms with Crippen molar-refractivity contribution in [1.29, 1.82) is 0 Å². The van der Waals surface area contributed by atoms with Gasteiger partial charge in [-0.1, -0.05) is 37.6 Å². The van der Waals surface area contributed by atoms with Gasteiger partial charge in [0.1, 0.15) is 0 Å². The van der Waals surface area contributed by atoms with E-state index in [1.807, 2.05) is 6.20 Å². The highest BCUT2D eigenvalue weighted by Gasteiger charge is 2.10. The summed E-state index contributed by atoms with van der Waals surface area (Å²) < 4.78 is 0. The van der Waals surface area contributed by atoms with E-state index in [4.69, 9.17) is 0 Å². The molecule has 0 unspecified atom stereocenters. The summed E-state index contributed by atoms with van der Waals surface area (Å²) >= 11 is 0. The van der Waals surface area contributed by atoms with Crippen molar-refractivity contribution in [3.8, 4) is 0 Å². The highest BCUT2D eigenvalue weighted by Crippen LogP contribution is 2.24. The summed E-state index contributed by atoms with van der Waals surface area (Å²) in [6, 6.07) is 6.07. The van der Waals surface area contributed by atoms with E-state index in [-0.39, 0.29) is 6.03 Å². The summed E-state index contributed by atoms with van der Waals surface area (Å²) in [6.07, 6.45) is 8.44. The van der Waals surface area contributed by atoms with Crippen LogP contribution in [0.3, 0.4) is 0 Å². The molecule has 1 aliphatic rings. The molecule has 1 aliphatic carbocycles. The van der Waals surface area contributed by atoms with E-state index < -0.39 is 0 Å². The summed E-state index contributed by atoms with van der Waals surface area (Å²) in [7, 11) is 0. The van der Waals surface area contributed by atoms with Crippen molar-refractivity contribution in [2.24, 2.45) is 0 Å². The number of hydrogen-bond acceptors (Lipinski definition) is 1. The lowest BCUT2D eigenvalue weighted by molar-refractivity contribution is 0.255. The topological polar surface area (TPSA) is 41.1 Å². The number of rotatable bonds is 4. The number of carbonyl (C=O) groups excluding carboxylic acids is 1. The van der Waals surface area contributed by atoms with Gasteiger partial charge in [-0.05, 0) is 49.7 Å². The van der Waals surface area contributed by atoms with E-state index in [2.05, 4.69) is 42.7 Å². The summed E-state index contributed by atoms with van der Waals surface area (Å²) in [6.45, 7) is 4.22. The smallest absolute Gasteiger partial charge is 0.314 e. The van der Waals surface area contributed by atoms with Crippen molar-refractivity contribution in [1.82, 2.24) is 5.32 Å². The Morgan fingerprint density at radius 1 is 1.15 bits per heavy atom. The highest BCUT2D eigenvalue weighted by molar-refractivity contribution is 5.91. The van der Waals surface area contributed by atoms with Crippen molar-refractivity contribution in [3.63, 3.8) is 0 Å². The summed E-state index contributed by atoms with van der Waals surface area (Å²) in [5, 5.41) is 5.87. The van der Waals surface area contributed by atoms with Gasteiger partial charge in [0.25, 0.3) is 0 Å². The molecule has 0 atom stereocenters. The van der Waals surface area contributed by atoms with Crippen molar-refractivity contribution < 1.29 is 4.79 Å². The van der Waals surface area contributed by atoms with Gasteiger partial charge >= 0.3 is 6.03 Å². The van der Waals surface area contributed by atoms with Gasteiger partial charge in [0.2, 0.25) is 0 Å². The fraction of sp³-hybridized carbons (Fsp3) is 0.471. The van der Waals surface area contributed by atoms with E-state index in [0.29, 0.717) is 0 Å². The number of carbonyl (C=O) groups is 1. The first kappa shape index (κ1) is 14.6. The zero-order valence-electron chi connectivity index (χ0n) is 12.5. The number of aryl methyl sites for hydroxylation is 2. The number of nitrogens with one attached hydrogen (secondary N) is 2. The van der Waals surface area contributed by atoms with Crippen LogP contribution in [0.2, 0.25) is 0 Å². The van der Waals surface area contributed by atoms with Crippen LogP contribution in [0, 0.1) is 0 Å². The van der Waals surface area contributed by atoms with Gasteiger partial charge in [0.15, 0.2) is 0 Å². The Labute approximate surface area is 121 Å². The minimum Gasteiger partial charge on any atom is -0.314 e. The standard InChI is InChI=1S/C17H24N2O/c1-3-14-10-7-11-15(4-2)16(14)19-17(20)18-12-13-8-5-6-9-13/h7,10-12H,3-6,8-9H2,1-2H3,(H2,18,19,20). The van der Waals surface area contributed by atoms with E-state index in [9.17, 15) is 4.79 Å². The third kappa shape index (κ3) is 3.62. The average molecular weight is 272 g/mol. The Balaban J connectivity index is 2.05. The van der Waals surface area contributed by atoms with Gasteiger partial charge in [0, 0.05) is 11.9 Å². The Bertz CT molecular complexity index is 475. The number of amides is 2. The molecule has 1 fully saturated rings. The zero-order valence-corrected chi connectivity index (χ0v) is 12.5. The number of anilines is 1. The number of urea groups is 1. The van der Waals surface area contributed by atoms with Gasteiger partial charge in [-0.2, -0.15) is 0 Å². The molecule has 1 saturated carbocycles. The van der Waals surface area contributed by atoms with Crippen LogP contribution >= 0.6 is 0 Å². The lowest BCUT2D eigenvalue weighted by Crippen LogP contribution is -2.25. The molecular weight excluding hydrogens is 248 g/mol. The Morgan fingerprint density at radius 3 is 2.30 bits per heavy atom. The number of hydrogen-bond donors (Lipinski definition) is 2. The fourth-order valence-corrected chi connectivity index (χ4v) is 2.69. The van der Waals surface area contributed by atoms with Crippen LogP contribution in [-0.4, -0.2) is 6.03 Å². The molecule has 3 heteroatoms. The zero-order chi connectivity index (χ0) is 14.4. The molecule has 0 aromatic heterocycles. The number of allylic oxidation sites excluding steroid dienone is 1. The highest BCUT2D eigenvalue weighted by atomic mass is 16.2. The monoisotopic (exact) mass is 272 g/mol. The Morgan fingerprint density at radius 2 is 1.75 bits per heavy atom. The van der Waals surface area contributed by atoms with Crippen LogP contribution in [0.25, 0.3) is 0 Å². The third-order valence-corrected chi connectivity index (χ3v) is 3.89. The Kier molecular flexibility index (Phi) is 5.22. The maximum absolute atomic E-state index is 12.0. The van der Waals surface area contributed by atoms with Gasteiger partial charge < -0.3 is 10.6 Å². The second-order valence-electron chi connectivity index (χ2n) is 5.27. The predicted molar refractivity (Wildman–Crippen MR) is 83.9 cm³/mol. The van der Waals surface area contributed by atoms with E-state index in [0.717, 1.165) is 31.4 Å². The maximum Gasteiger partial charge on any atom is 0.323 e. The normalized spacial score (nSPS) is 14.2. The maximum atomic E-state index is 12.0. The molecule has 0 spiro atoms. The predicted octanol–water partition coefficient (Wildman–Crippen LogP) is 4.39. The van der Waals surface area contributed by atoms with Crippen molar-refractivity contribution in [2.45, 2.75) is 52.4 Å². The lowest BCUT2D eigenvalue weighted by Gasteiger charge is -2.14. The SMILES string of the molecule is CCc1cccc(CC)c1NC(=O)NC=C1CCCC1. The van der Waals surface area contributed by atoms with E-state index >= 15 is 0 Å². The van der Waals surface area contributed by atoms with Crippen LogP contribution in [-0.2, 0) is 12.8 Å².